The number of anilines is 1. The van der Waals surface area contributed by atoms with Gasteiger partial charge in [0.25, 0.3) is 0 Å². The molecule has 0 aliphatic carbocycles. The van der Waals surface area contributed by atoms with Crippen molar-refractivity contribution in [3.63, 3.8) is 0 Å². The molecule has 0 saturated heterocycles. The molecule has 4 heterocycles. The highest BCUT2D eigenvalue weighted by atomic mass is 35.7. The number of rotatable bonds is 2. The van der Waals surface area contributed by atoms with E-state index in [2.05, 4.69) is 35.9 Å². The Morgan fingerprint density at radius 2 is 1.67 bits per heavy atom. The van der Waals surface area contributed by atoms with Crippen molar-refractivity contribution in [2.24, 2.45) is 0 Å². The molecule has 4 aromatic heterocycles. The fourth-order valence-corrected chi connectivity index (χ4v) is 2.88. The van der Waals surface area contributed by atoms with Crippen LogP contribution in [0.25, 0.3) is 22.4 Å². The first-order valence-electron chi connectivity index (χ1n) is 7.77. The van der Waals surface area contributed by atoms with E-state index in [1.807, 2.05) is 56.8 Å². The quantitative estimate of drug-likeness (QED) is 0.345. The van der Waals surface area contributed by atoms with Crippen LogP contribution >= 0.6 is 0 Å². The van der Waals surface area contributed by atoms with E-state index in [1.165, 1.54) is 0 Å². The summed E-state index contributed by atoms with van der Waals surface area (Å²) in [6.45, 7) is 0. The standard InChI is InChI=1S/C17H16N5.ClHO4/c1-20(2)17-21-11-6-4-8-14(21)16-15(19-10-12-22(16)17)13-7-3-5-9-18-13;2-1(3,4)5/h3-12H,1-2H3;(H,2,3,4,5)/q+1;/p-1. The number of fused-ring (bicyclic) bond motifs is 3. The van der Waals surface area contributed by atoms with Gasteiger partial charge in [0.2, 0.25) is 0 Å². The Morgan fingerprint density at radius 1 is 0.963 bits per heavy atom. The summed E-state index contributed by atoms with van der Waals surface area (Å²) in [5, 5.41) is 0. The molecule has 9 nitrogen and oxygen atoms in total. The number of aromatic nitrogens is 4. The monoisotopic (exact) mass is 389 g/mol. The van der Waals surface area contributed by atoms with Crippen molar-refractivity contribution in [3.8, 4) is 11.4 Å². The molecule has 0 aliphatic rings. The normalized spacial score (nSPS) is 11.3. The summed E-state index contributed by atoms with van der Waals surface area (Å²) in [6, 6.07) is 12.1. The molecular weight excluding hydrogens is 374 g/mol. The summed E-state index contributed by atoms with van der Waals surface area (Å²) in [7, 11) is -0.857. The maximum Gasteiger partial charge on any atom is 0.369 e. The highest BCUT2D eigenvalue weighted by molar-refractivity contribution is 5.86. The predicted molar refractivity (Wildman–Crippen MR) is 85.9 cm³/mol. The zero-order chi connectivity index (χ0) is 19.6. The molecule has 0 aromatic carbocycles. The van der Waals surface area contributed by atoms with Crippen LogP contribution in [0.3, 0.4) is 0 Å². The SMILES string of the molecule is CN(C)c1n2ccccc2c2c(-c3ccccn3)ncc[n+]12.[O-][Cl+3]([O-])([O-])[O-]. The molecule has 0 fully saturated rings. The summed E-state index contributed by atoms with van der Waals surface area (Å²) < 4.78 is 38.3. The van der Waals surface area contributed by atoms with E-state index in [9.17, 15) is 0 Å². The zero-order valence-corrected chi connectivity index (χ0v) is 15.3. The van der Waals surface area contributed by atoms with Crippen LogP contribution in [-0.4, -0.2) is 28.5 Å². The molecule has 0 bridgehead atoms. The molecule has 4 aromatic rings. The Morgan fingerprint density at radius 3 is 2.30 bits per heavy atom. The number of pyridine rings is 2. The lowest BCUT2D eigenvalue weighted by Crippen LogP contribution is -2.68. The number of hydrogen-bond acceptors (Lipinski definition) is 7. The van der Waals surface area contributed by atoms with Crippen molar-refractivity contribution in [1.29, 1.82) is 0 Å². The Hall–Kier alpha value is -2.82. The van der Waals surface area contributed by atoms with Crippen LogP contribution in [0.15, 0.2) is 61.2 Å². The fourth-order valence-electron chi connectivity index (χ4n) is 2.88. The number of nitrogens with zero attached hydrogens (tertiary/aromatic N) is 5. The second kappa shape index (κ2) is 7.43. The molecule has 0 radical (unpaired) electrons. The summed E-state index contributed by atoms with van der Waals surface area (Å²) in [5.41, 5.74) is 3.94. The van der Waals surface area contributed by atoms with Gasteiger partial charge in [-0.05, 0) is 24.3 Å². The summed E-state index contributed by atoms with van der Waals surface area (Å²) in [5.74, 6) is 1.07. The summed E-state index contributed by atoms with van der Waals surface area (Å²) >= 11 is 0. The van der Waals surface area contributed by atoms with Crippen molar-refractivity contribution >= 4 is 17.0 Å². The predicted octanol–water partition coefficient (Wildman–Crippen LogP) is -2.55. The van der Waals surface area contributed by atoms with Gasteiger partial charge in [-0.3, -0.25) is 9.88 Å². The average Bonchev–Trinajstić information content (AvgIpc) is 2.95. The van der Waals surface area contributed by atoms with Crippen molar-refractivity contribution in [3.05, 3.63) is 61.2 Å². The molecule has 0 unspecified atom stereocenters. The molecular formula is C17H16ClN5O4. The van der Waals surface area contributed by atoms with E-state index in [-0.39, 0.29) is 0 Å². The van der Waals surface area contributed by atoms with Crippen LogP contribution in [0.5, 0.6) is 0 Å². The lowest BCUT2D eigenvalue weighted by atomic mass is 10.2. The maximum absolute atomic E-state index is 8.49. The molecule has 0 saturated carbocycles. The van der Waals surface area contributed by atoms with Gasteiger partial charge in [0, 0.05) is 6.20 Å². The minimum Gasteiger partial charge on any atom is -0.269 e. The molecule has 0 atom stereocenters. The van der Waals surface area contributed by atoms with Gasteiger partial charge in [-0.15, -0.1) is 10.2 Å². The fraction of sp³-hybridized carbons (Fsp3) is 0.118. The Bertz CT molecular complexity index is 1060. The molecule has 0 N–H and O–H groups in total. The van der Waals surface area contributed by atoms with Gasteiger partial charge in [-0.2, -0.15) is 4.40 Å². The third kappa shape index (κ3) is 4.13. The Balaban J connectivity index is 0.000000376. The second-order valence-corrected chi connectivity index (χ2v) is 6.49. The van der Waals surface area contributed by atoms with Gasteiger partial charge in [-0.1, -0.05) is 12.1 Å². The van der Waals surface area contributed by atoms with E-state index in [0.29, 0.717) is 0 Å². The average molecular weight is 390 g/mol. The smallest absolute Gasteiger partial charge is 0.269 e. The van der Waals surface area contributed by atoms with E-state index >= 15 is 0 Å². The first kappa shape index (κ1) is 19.0. The lowest BCUT2D eigenvalue weighted by molar-refractivity contribution is -2.00. The van der Waals surface area contributed by atoms with Crippen molar-refractivity contribution in [2.45, 2.75) is 0 Å². The largest absolute Gasteiger partial charge is 0.369 e. The molecule has 10 heteroatoms. The van der Waals surface area contributed by atoms with E-state index in [4.69, 9.17) is 18.6 Å². The number of imidazole rings is 1. The highest BCUT2D eigenvalue weighted by Gasteiger charge is 2.24. The van der Waals surface area contributed by atoms with Gasteiger partial charge < -0.3 is 0 Å². The summed E-state index contributed by atoms with van der Waals surface area (Å²) in [4.78, 5) is 11.1. The van der Waals surface area contributed by atoms with Gasteiger partial charge in [0.05, 0.1) is 38.4 Å². The zero-order valence-electron chi connectivity index (χ0n) is 14.5. The van der Waals surface area contributed by atoms with Crippen LogP contribution in [0.2, 0.25) is 0 Å². The van der Waals surface area contributed by atoms with Crippen molar-refractivity contribution < 1.29 is 33.3 Å². The number of halogens is 1. The second-order valence-electron chi connectivity index (χ2n) is 5.74. The molecule has 0 amide bonds. The topological polar surface area (TPSA) is 130 Å². The van der Waals surface area contributed by atoms with Crippen LogP contribution in [-0.2, 0) is 0 Å². The Kier molecular flexibility index (Phi) is 5.22. The molecule has 27 heavy (non-hydrogen) atoms. The first-order valence-corrected chi connectivity index (χ1v) is 9.00. The highest BCUT2D eigenvalue weighted by Crippen LogP contribution is 2.25. The van der Waals surface area contributed by atoms with Crippen LogP contribution < -0.4 is 27.9 Å². The van der Waals surface area contributed by atoms with Crippen molar-refractivity contribution in [2.75, 3.05) is 19.0 Å². The number of hydrogen-bond donors (Lipinski definition) is 0. The third-order valence-corrected chi connectivity index (χ3v) is 3.73. The minimum absolute atomic E-state index is 0.877. The lowest BCUT2D eigenvalue weighted by Gasteiger charge is -2.17. The molecule has 140 valence electrons. The van der Waals surface area contributed by atoms with Gasteiger partial charge in [0.1, 0.15) is 11.2 Å². The van der Waals surface area contributed by atoms with Gasteiger partial charge in [-0.25, -0.2) is 28.0 Å². The van der Waals surface area contributed by atoms with Crippen molar-refractivity contribution in [1.82, 2.24) is 14.4 Å². The Labute approximate surface area is 156 Å². The van der Waals surface area contributed by atoms with Crippen LogP contribution in [0.1, 0.15) is 0 Å². The molecule has 0 spiro atoms. The van der Waals surface area contributed by atoms with Gasteiger partial charge in [0.15, 0.2) is 5.52 Å². The van der Waals surface area contributed by atoms with E-state index in [1.54, 1.807) is 6.20 Å². The summed E-state index contributed by atoms with van der Waals surface area (Å²) in [6.07, 6.45) is 7.68. The molecule has 4 rings (SSSR count). The third-order valence-electron chi connectivity index (χ3n) is 3.73. The van der Waals surface area contributed by atoms with Gasteiger partial charge >= 0.3 is 5.95 Å². The van der Waals surface area contributed by atoms with Crippen LogP contribution in [0, 0.1) is 10.2 Å². The molecule has 0 aliphatic heterocycles. The van der Waals surface area contributed by atoms with E-state index in [0.717, 1.165) is 28.4 Å². The minimum atomic E-state index is -4.94. The maximum atomic E-state index is 8.49. The first-order chi connectivity index (χ1) is 12.8. The van der Waals surface area contributed by atoms with E-state index < -0.39 is 10.2 Å². The van der Waals surface area contributed by atoms with Crippen LogP contribution in [0.4, 0.5) is 5.95 Å².